The highest BCUT2D eigenvalue weighted by atomic mass is 19.4. The van der Waals surface area contributed by atoms with Crippen molar-refractivity contribution in [3.8, 4) is 17.4 Å². The van der Waals surface area contributed by atoms with Gasteiger partial charge in [0.15, 0.2) is 5.69 Å². The van der Waals surface area contributed by atoms with Crippen LogP contribution in [0.1, 0.15) is 16.1 Å². The first-order chi connectivity index (χ1) is 10.3. The molecule has 2 rings (SSSR count). The SMILES string of the molecule is COc1cc(Oc2cccc(C(F)(F)F)c2)nc(C(=O)O)c1. The first kappa shape index (κ1) is 15.6. The molecule has 22 heavy (non-hydrogen) atoms. The van der Waals surface area contributed by atoms with Gasteiger partial charge in [-0.25, -0.2) is 9.78 Å². The van der Waals surface area contributed by atoms with Gasteiger partial charge in [0.25, 0.3) is 0 Å². The van der Waals surface area contributed by atoms with Gasteiger partial charge < -0.3 is 14.6 Å². The van der Waals surface area contributed by atoms with Crippen molar-refractivity contribution < 1.29 is 32.5 Å². The lowest BCUT2D eigenvalue weighted by Crippen LogP contribution is -2.05. The molecule has 0 radical (unpaired) electrons. The Kier molecular flexibility index (Phi) is 4.20. The summed E-state index contributed by atoms with van der Waals surface area (Å²) in [6, 6.07) is 6.61. The molecule has 0 bridgehead atoms. The third-order valence-corrected chi connectivity index (χ3v) is 2.61. The quantitative estimate of drug-likeness (QED) is 0.934. The Labute approximate surface area is 122 Å². The fourth-order valence-electron chi connectivity index (χ4n) is 1.62. The molecular weight excluding hydrogens is 303 g/mol. The Bertz CT molecular complexity index is 701. The molecule has 0 amide bonds. The summed E-state index contributed by atoms with van der Waals surface area (Å²) in [7, 11) is 1.31. The van der Waals surface area contributed by atoms with E-state index in [0.717, 1.165) is 12.1 Å². The zero-order valence-corrected chi connectivity index (χ0v) is 11.2. The van der Waals surface area contributed by atoms with Gasteiger partial charge in [0, 0.05) is 12.1 Å². The zero-order valence-electron chi connectivity index (χ0n) is 11.2. The highest BCUT2D eigenvalue weighted by Gasteiger charge is 2.30. The molecule has 1 N–H and O–H groups in total. The number of pyridine rings is 1. The first-order valence-corrected chi connectivity index (χ1v) is 5.94. The minimum atomic E-state index is -4.51. The van der Waals surface area contributed by atoms with E-state index in [2.05, 4.69) is 4.98 Å². The van der Waals surface area contributed by atoms with E-state index in [1.165, 1.54) is 31.4 Å². The summed E-state index contributed by atoms with van der Waals surface area (Å²) in [5.41, 5.74) is -1.23. The van der Waals surface area contributed by atoms with Crippen molar-refractivity contribution in [3.05, 3.63) is 47.7 Å². The monoisotopic (exact) mass is 313 g/mol. The summed E-state index contributed by atoms with van der Waals surface area (Å²) in [5.74, 6) is -1.45. The molecule has 2 aromatic rings. The van der Waals surface area contributed by atoms with Crippen LogP contribution in [-0.2, 0) is 6.18 Å². The number of halogens is 3. The van der Waals surface area contributed by atoms with E-state index in [1.54, 1.807) is 0 Å². The third kappa shape index (κ3) is 3.66. The van der Waals surface area contributed by atoms with Crippen molar-refractivity contribution in [2.45, 2.75) is 6.18 Å². The van der Waals surface area contributed by atoms with Crippen LogP contribution in [0.5, 0.6) is 17.4 Å². The molecule has 1 heterocycles. The number of nitrogens with zero attached hydrogens (tertiary/aromatic N) is 1. The van der Waals surface area contributed by atoms with Gasteiger partial charge in [0.2, 0.25) is 5.88 Å². The lowest BCUT2D eigenvalue weighted by molar-refractivity contribution is -0.137. The molecule has 0 aliphatic heterocycles. The van der Waals surface area contributed by atoms with Crippen LogP contribution in [0, 0.1) is 0 Å². The van der Waals surface area contributed by atoms with Crippen LogP contribution in [0.4, 0.5) is 13.2 Å². The van der Waals surface area contributed by atoms with Crippen molar-refractivity contribution in [3.63, 3.8) is 0 Å². The van der Waals surface area contributed by atoms with Gasteiger partial charge in [-0.1, -0.05) is 6.07 Å². The number of hydrogen-bond donors (Lipinski definition) is 1. The molecule has 8 heteroatoms. The molecule has 0 spiro atoms. The minimum absolute atomic E-state index is 0.119. The van der Waals surface area contributed by atoms with Crippen molar-refractivity contribution in [1.82, 2.24) is 4.98 Å². The standard InChI is InChI=1S/C14H10F3NO4/c1-21-10-6-11(13(19)20)18-12(7-10)22-9-4-2-3-8(5-9)14(15,16)17/h2-7H,1H3,(H,19,20). The van der Waals surface area contributed by atoms with Crippen LogP contribution < -0.4 is 9.47 Å². The number of benzene rings is 1. The second kappa shape index (κ2) is 5.92. The van der Waals surface area contributed by atoms with Gasteiger partial charge in [0.1, 0.15) is 11.5 Å². The number of rotatable bonds is 4. The summed E-state index contributed by atoms with van der Waals surface area (Å²) in [6.45, 7) is 0. The maximum absolute atomic E-state index is 12.6. The first-order valence-electron chi connectivity index (χ1n) is 5.94. The Hall–Kier alpha value is -2.77. The van der Waals surface area contributed by atoms with Gasteiger partial charge >= 0.3 is 12.1 Å². The summed E-state index contributed by atoms with van der Waals surface area (Å²) >= 11 is 0. The molecule has 1 aromatic carbocycles. The van der Waals surface area contributed by atoms with Crippen LogP contribution in [0.15, 0.2) is 36.4 Å². The van der Waals surface area contributed by atoms with E-state index < -0.39 is 17.7 Å². The molecule has 116 valence electrons. The number of carboxylic acid groups (broad SMARTS) is 1. The van der Waals surface area contributed by atoms with Crippen LogP contribution in [0.2, 0.25) is 0 Å². The lowest BCUT2D eigenvalue weighted by atomic mass is 10.2. The number of hydrogen-bond acceptors (Lipinski definition) is 4. The molecule has 5 nitrogen and oxygen atoms in total. The van der Waals surface area contributed by atoms with Crippen molar-refractivity contribution in [1.29, 1.82) is 0 Å². The molecule has 0 saturated carbocycles. The number of carboxylic acids is 1. The predicted molar refractivity (Wildman–Crippen MR) is 69.3 cm³/mol. The molecule has 0 atom stereocenters. The van der Waals surface area contributed by atoms with E-state index in [9.17, 15) is 18.0 Å². The van der Waals surface area contributed by atoms with Gasteiger partial charge in [-0.3, -0.25) is 0 Å². The van der Waals surface area contributed by atoms with Crippen LogP contribution >= 0.6 is 0 Å². The predicted octanol–water partition coefficient (Wildman–Crippen LogP) is 3.60. The zero-order chi connectivity index (χ0) is 16.3. The highest BCUT2D eigenvalue weighted by Crippen LogP contribution is 2.33. The van der Waals surface area contributed by atoms with Crippen molar-refractivity contribution in [2.24, 2.45) is 0 Å². The average Bonchev–Trinajstić information content (AvgIpc) is 2.46. The van der Waals surface area contributed by atoms with Gasteiger partial charge in [-0.05, 0) is 18.2 Å². The fraction of sp³-hybridized carbons (Fsp3) is 0.143. The Balaban J connectivity index is 2.34. The Morgan fingerprint density at radius 3 is 2.50 bits per heavy atom. The number of alkyl halides is 3. The van der Waals surface area contributed by atoms with Crippen molar-refractivity contribution >= 4 is 5.97 Å². The molecule has 0 unspecified atom stereocenters. The van der Waals surface area contributed by atoms with E-state index in [4.69, 9.17) is 14.6 Å². The largest absolute Gasteiger partial charge is 0.496 e. The smallest absolute Gasteiger partial charge is 0.416 e. The van der Waals surface area contributed by atoms with Crippen LogP contribution in [0.3, 0.4) is 0 Å². The van der Waals surface area contributed by atoms with E-state index in [1.807, 2.05) is 0 Å². The Morgan fingerprint density at radius 2 is 1.91 bits per heavy atom. The number of aromatic nitrogens is 1. The van der Waals surface area contributed by atoms with Gasteiger partial charge in [-0.15, -0.1) is 0 Å². The molecule has 0 fully saturated rings. The summed E-state index contributed by atoms with van der Waals surface area (Å²) < 4.78 is 48.0. The number of methoxy groups -OCH3 is 1. The second-order valence-electron chi connectivity index (χ2n) is 4.16. The summed E-state index contributed by atoms with van der Waals surface area (Å²) in [6.07, 6.45) is -4.51. The molecule has 0 aliphatic rings. The topological polar surface area (TPSA) is 68.7 Å². The lowest BCUT2D eigenvalue weighted by Gasteiger charge is -2.10. The molecule has 0 aliphatic carbocycles. The number of ether oxygens (including phenoxy) is 2. The summed E-state index contributed by atoms with van der Waals surface area (Å²) in [5, 5.41) is 8.92. The number of carbonyl (C=O) groups is 1. The van der Waals surface area contributed by atoms with Gasteiger partial charge in [0.05, 0.1) is 12.7 Å². The second-order valence-corrected chi connectivity index (χ2v) is 4.16. The maximum atomic E-state index is 12.6. The van der Waals surface area contributed by atoms with E-state index in [-0.39, 0.29) is 23.1 Å². The van der Waals surface area contributed by atoms with Crippen LogP contribution in [-0.4, -0.2) is 23.2 Å². The van der Waals surface area contributed by atoms with Crippen LogP contribution in [0.25, 0.3) is 0 Å². The molecular formula is C14H10F3NO4. The molecule has 0 saturated heterocycles. The number of aromatic carboxylic acids is 1. The summed E-state index contributed by atoms with van der Waals surface area (Å²) in [4.78, 5) is 14.6. The van der Waals surface area contributed by atoms with E-state index in [0.29, 0.717) is 0 Å². The Morgan fingerprint density at radius 1 is 1.18 bits per heavy atom. The normalized spacial score (nSPS) is 11.1. The minimum Gasteiger partial charge on any atom is -0.496 e. The maximum Gasteiger partial charge on any atom is 0.416 e. The third-order valence-electron chi connectivity index (χ3n) is 2.61. The molecule has 1 aromatic heterocycles. The van der Waals surface area contributed by atoms with Gasteiger partial charge in [-0.2, -0.15) is 13.2 Å². The fourth-order valence-corrected chi connectivity index (χ4v) is 1.62. The van der Waals surface area contributed by atoms with E-state index >= 15 is 0 Å². The van der Waals surface area contributed by atoms with Crippen molar-refractivity contribution in [2.75, 3.05) is 7.11 Å². The highest BCUT2D eigenvalue weighted by molar-refractivity contribution is 5.86. The average molecular weight is 313 g/mol.